The molecular weight excluding hydrogens is 165 g/mol. The summed E-state index contributed by atoms with van der Waals surface area (Å²) in [6, 6.07) is 5.42. The molecule has 1 heterocycles. The molecule has 0 saturated heterocycles. The average molecular weight is 173 g/mol. The molecule has 64 valence electrons. The Morgan fingerprint density at radius 1 is 1.31 bits per heavy atom. The molecule has 3 nitrogen and oxygen atoms in total. The van der Waals surface area contributed by atoms with Gasteiger partial charge in [-0.3, -0.25) is 9.59 Å². The Balaban J connectivity index is 2.52. The monoisotopic (exact) mass is 173 g/mol. The molecule has 1 amide bonds. The third kappa shape index (κ3) is 1.14. The van der Waals surface area contributed by atoms with Gasteiger partial charge in [0, 0.05) is 0 Å². The SMILES string of the molecule is CBc1ccc2c(c1)NC(=O)C2=O. The van der Waals surface area contributed by atoms with Crippen LogP contribution in [0.15, 0.2) is 18.2 Å². The summed E-state index contributed by atoms with van der Waals surface area (Å²) in [6.45, 7) is 2.03. The maximum absolute atomic E-state index is 11.2. The van der Waals surface area contributed by atoms with E-state index in [0.717, 1.165) is 12.7 Å². The fraction of sp³-hybridized carbons (Fsp3) is 0.111. The first kappa shape index (κ1) is 8.04. The van der Waals surface area contributed by atoms with Crippen molar-refractivity contribution in [2.45, 2.75) is 6.82 Å². The highest BCUT2D eigenvalue weighted by Crippen LogP contribution is 2.20. The number of benzene rings is 1. The van der Waals surface area contributed by atoms with E-state index in [0.29, 0.717) is 11.3 Å². The van der Waals surface area contributed by atoms with E-state index in [1.54, 1.807) is 6.07 Å². The molecule has 1 aromatic carbocycles. The lowest BCUT2D eigenvalue weighted by Gasteiger charge is -1.99. The highest BCUT2D eigenvalue weighted by molar-refractivity contribution is 6.54. The van der Waals surface area contributed by atoms with Crippen LogP contribution < -0.4 is 10.8 Å². The van der Waals surface area contributed by atoms with Crippen LogP contribution in [-0.2, 0) is 4.79 Å². The van der Waals surface area contributed by atoms with Gasteiger partial charge in [-0.2, -0.15) is 0 Å². The van der Waals surface area contributed by atoms with E-state index in [2.05, 4.69) is 5.32 Å². The first-order valence-electron chi connectivity index (χ1n) is 4.21. The van der Waals surface area contributed by atoms with Crippen LogP contribution >= 0.6 is 0 Å². The van der Waals surface area contributed by atoms with Crippen LogP contribution in [0.25, 0.3) is 0 Å². The van der Waals surface area contributed by atoms with Crippen molar-refractivity contribution in [3.8, 4) is 0 Å². The minimum atomic E-state index is -0.525. The summed E-state index contributed by atoms with van der Waals surface area (Å²) in [6.07, 6.45) is 0. The molecule has 0 saturated carbocycles. The molecule has 1 aliphatic heterocycles. The van der Waals surface area contributed by atoms with E-state index in [1.165, 1.54) is 0 Å². The maximum atomic E-state index is 11.2. The topological polar surface area (TPSA) is 46.2 Å². The largest absolute Gasteiger partial charge is 0.318 e. The second kappa shape index (κ2) is 2.73. The summed E-state index contributed by atoms with van der Waals surface area (Å²) in [4.78, 5) is 22.2. The van der Waals surface area contributed by atoms with E-state index in [-0.39, 0.29) is 0 Å². The molecule has 0 fully saturated rings. The molecule has 1 N–H and O–H groups in total. The number of carbonyl (C=O) groups excluding carboxylic acids is 2. The molecule has 4 heteroatoms. The van der Waals surface area contributed by atoms with Gasteiger partial charge in [0.25, 0.3) is 11.7 Å². The summed E-state index contributed by atoms with van der Waals surface area (Å²) in [5.41, 5.74) is 2.25. The summed E-state index contributed by atoms with van der Waals surface area (Å²) in [7, 11) is 0.900. The van der Waals surface area contributed by atoms with Crippen LogP contribution in [0, 0.1) is 0 Å². The Morgan fingerprint density at radius 2 is 2.08 bits per heavy atom. The minimum absolute atomic E-state index is 0.433. The van der Waals surface area contributed by atoms with Crippen molar-refractivity contribution in [3.05, 3.63) is 23.8 Å². The number of rotatable bonds is 1. The smallest absolute Gasteiger partial charge is 0.296 e. The Hall–Kier alpha value is -1.58. The number of nitrogens with one attached hydrogen (secondary N) is 1. The van der Waals surface area contributed by atoms with Crippen LogP contribution in [0.4, 0.5) is 5.69 Å². The number of hydrogen-bond acceptors (Lipinski definition) is 2. The zero-order valence-corrected chi connectivity index (χ0v) is 7.26. The van der Waals surface area contributed by atoms with Gasteiger partial charge in [-0.25, -0.2) is 0 Å². The lowest BCUT2D eigenvalue weighted by molar-refractivity contribution is -0.112. The van der Waals surface area contributed by atoms with Crippen molar-refractivity contribution in [1.29, 1.82) is 0 Å². The molecule has 0 radical (unpaired) electrons. The van der Waals surface area contributed by atoms with Gasteiger partial charge in [0.15, 0.2) is 7.28 Å². The summed E-state index contributed by atoms with van der Waals surface area (Å²) < 4.78 is 0. The van der Waals surface area contributed by atoms with Crippen LogP contribution in [-0.4, -0.2) is 19.0 Å². The number of ketones is 1. The van der Waals surface area contributed by atoms with Gasteiger partial charge < -0.3 is 5.32 Å². The molecule has 0 aliphatic carbocycles. The zero-order chi connectivity index (χ0) is 9.42. The van der Waals surface area contributed by atoms with E-state index < -0.39 is 11.7 Å². The Labute approximate surface area is 76.4 Å². The van der Waals surface area contributed by atoms with Gasteiger partial charge >= 0.3 is 0 Å². The molecule has 0 bridgehead atoms. The fourth-order valence-corrected chi connectivity index (χ4v) is 1.41. The molecule has 1 aromatic rings. The van der Waals surface area contributed by atoms with Crippen molar-refractivity contribution in [1.82, 2.24) is 0 Å². The predicted molar refractivity (Wildman–Crippen MR) is 52.0 cm³/mol. The van der Waals surface area contributed by atoms with Gasteiger partial charge in [0.05, 0.1) is 11.3 Å². The van der Waals surface area contributed by atoms with Crippen molar-refractivity contribution in [2.75, 3.05) is 5.32 Å². The third-order valence-corrected chi connectivity index (χ3v) is 2.19. The molecule has 1 aliphatic rings. The van der Waals surface area contributed by atoms with E-state index in [4.69, 9.17) is 0 Å². The average Bonchev–Trinajstić information content (AvgIpc) is 2.42. The molecule has 0 aromatic heterocycles. The van der Waals surface area contributed by atoms with Gasteiger partial charge in [0.2, 0.25) is 0 Å². The standard InChI is InChI=1S/C9H8BNO2/c1-10-5-2-3-6-7(4-5)11-9(13)8(6)12/h2-4,10H,1H3,(H,11,12,13). The number of Topliss-reactive ketones (excluding diaryl/α,β-unsaturated/α-hetero) is 1. The van der Waals surface area contributed by atoms with Crippen molar-refractivity contribution in [3.63, 3.8) is 0 Å². The number of carbonyl (C=O) groups is 2. The summed E-state index contributed by atoms with van der Waals surface area (Å²) in [5.74, 6) is -0.957. The van der Waals surface area contributed by atoms with Crippen molar-refractivity contribution < 1.29 is 9.59 Å². The van der Waals surface area contributed by atoms with Crippen molar-refractivity contribution in [2.24, 2.45) is 0 Å². The molecule has 13 heavy (non-hydrogen) atoms. The second-order valence-electron chi connectivity index (χ2n) is 3.02. The van der Waals surface area contributed by atoms with E-state index in [1.807, 2.05) is 19.0 Å². The maximum Gasteiger partial charge on any atom is 0.296 e. The first-order chi connectivity index (χ1) is 6.22. The van der Waals surface area contributed by atoms with Crippen LogP contribution in [0.1, 0.15) is 10.4 Å². The zero-order valence-electron chi connectivity index (χ0n) is 7.26. The number of amides is 1. The number of anilines is 1. The van der Waals surface area contributed by atoms with E-state index in [9.17, 15) is 9.59 Å². The van der Waals surface area contributed by atoms with Crippen LogP contribution in [0.2, 0.25) is 6.82 Å². The van der Waals surface area contributed by atoms with Crippen LogP contribution in [0.5, 0.6) is 0 Å². The summed E-state index contributed by atoms with van der Waals surface area (Å²) >= 11 is 0. The molecule has 0 unspecified atom stereocenters. The minimum Gasteiger partial charge on any atom is -0.318 e. The number of fused-ring (bicyclic) bond motifs is 1. The van der Waals surface area contributed by atoms with Crippen molar-refractivity contribution >= 4 is 30.1 Å². The van der Waals surface area contributed by atoms with Crippen LogP contribution in [0.3, 0.4) is 0 Å². The lowest BCUT2D eigenvalue weighted by atomic mass is 9.73. The first-order valence-corrected chi connectivity index (χ1v) is 4.21. The number of hydrogen-bond donors (Lipinski definition) is 1. The third-order valence-electron chi connectivity index (χ3n) is 2.19. The molecular formula is C9H8BNO2. The quantitative estimate of drug-likeness (QED) is 0.477. The highest BCUT2D eigenvalue weighted by Gasteiger charge is 2.27. The fourth-order valence-electron chi connectivity index (χ4n) is 1.41. The predicted octanol–water partition coefficient (Wildman–Crippen LogP) is -0.0687. The lowest BCUT2D eigenvalue weighted by Crippen LogP contribution is -2.12. The van der Waals surface area contributed by atoms with E-state index >= 15 is 0 Å². The normalized spacial score (nSPS) is 13.9. The summed E-state index contributed by atoms with van der Waals surface area (Å²) in [5, 5.41) is 2.53. The molecule has 0 atom stereocenters. The second-order valence-corrected chi connectivity index (χ2v) is 3.02. The van der Waals surface area contributed by atoms with Gasteiger partial charge in [-0.05, 0) is 12.1 Å². The Morgan fingerprint density at radius 3 is 2.77 bits per heavy atom. The van der Waals surface area contributed by atoms with Gasteiger partial charge in [-0.15, -0.1) is 0 Å². The highest BCUT2D eigenvalue weighted by atomic mass is 16.2. The molecule has 0 spiro atoms. The Bertz CT molecular complexity index is 401. The molecule has 2 rings (SSSR count). The Kier molecular flexibility index (Phi) is 1.69. The van der Waals surface area contributed by atoms with Gasteiger partial charge in [-0.1, -0.05) is 18.4 Å². The van der Waals surface area contributed by atoms with Gasteiger partial charge in [0.1, 0.15) is 0 Å².